The lowest BCUT2D eigenvalue weighted by Gasteiger charge is -2.32. The van der Waals surface area contributed by atoms with Crippen LogP contribution in [0.25, 0.3) is 11.0 Å². The summed E-state index contributed by atoms with van der Waals surface area (Å²) in [5, 5.41) is 13.4. The van der Waals surface area contributed by atoms with Gasteiger partial charge in [0, 0.05) is 24.4 Å². The van der Waals surface area contributed by atoms with Crippen LogP contribution >= 0.6 is 0 Å². The van der Waals surface area contributed by atoms with Crippen molar-refractivity contribution in [2.24, 2.45) is 5.92 Å². The smallest absolute Gasteiger partial charge is 0.325 e. The Kier molecular flexibility index (Phi) is 6.32. The Morgan fingerprint density at radius 3 is 2.42 bits per heavy atom. The van der Waals surface area contributed by atoms with Gasteiger partial charge in [0.15, 0.2) is 0 Å². The van der Waals surface area contributed by atoms with Crippen LogP contribution in [0.5, 0.6) is 0 Å². The highest BCUT2D eigenvalue weighted by molar-refractivity contribution is 5.92. The molecule has 2 heterocycles. The number of nitro groups is 1. The van der Waals surface area contributed by atoms with Gasteiger partial charge >= 0.3 is 6.18 Å². The number of rotatable bonds is 6. The number of halogens is 3. The number of aromatic nitrogens is 2. The lowest BCUT2D eigenvalue weighted by atomic mass is 9.96. The number of para-hydroxylation sites is 2. The Morgan fingerprint density at radius 2 is 1.79 bits per heavy atom. The molecule has 1 aromatic heterocycles. The van der Waals surface area contributed by atoms with Crippen LogP contribution in [-0.4, -0.2) is 44.9 Å². The van der Waals surface area contributed by atoms with Crippen LogP contribution in [-0.2, 0) is 17.5 Å². The van der Waals surface area contributed by atoms with Crippen LogP contribution in [0.3, 0.4) is 0 Å². The second-order valence-electron chi connectivity index (χ2n) is 8.10. The van der Waals surface area contributed by atoms with Crippen molar-refractivity contribution >= 4 is 28.3 Å². The van der Waals surface area contributed by atoms with Gasteiger partial charge < -0.3 is 9.88 Å². The molecule has 0 saturated carbocycles. The number of piperidine rings is 1. The molecule has 0 bridgehead atoms. The molecule has 3 aromatic rings. The minimum atomic E-state index is -4.53. The Labute approximate surface area is 187 Å². The molecule has 0 spiro atoms. The number of likely N-dealkylation sites (tertiary alicyclic amines) is 1. The summed E-state index contributed by atoms with van der Waals surface area (Å²) in [6, 6.07) is 12.2. The van der Waals surface area contributed by atoms with E-state index >= 15 is 0 Å². The third-order valence-electron chi connectivity index (χ3n) is 5.79. The maximum atomic E-state index is 13.5. The number of non-ortho nitro benzene ring substituents is 1. The predicted molar refractivity (Wildman–Crippen MR) is 116 cm³/mol. The van der Waals surface area contributed by atoms with Gasteiger partial charge in [-0.3, -0.25) is 19.8 Å². The van der Waals surface area contributed by atoms with Crippen LogP contribution < -0.4 is 5.32 Å². The number of nitrogens with zero attached hydrogens (tertiary/aromatic N) is 4. The summed E-state index contributed by atoms with van der Waals surface area (Å²) in [5.74, 6) is -1.09. The van der Waals surface area contributed by atoms with E-state index in [-0.39, 0.29) is 30.6 Å². The van der Waals surface area contributed by atoms with E-state index < -0.39 is 16.9 Å². The predicted octanol–water partition coefficient (Wildman–Crippen LogP) is 4.31. The first-order valence-electron chi connectivity index (χ1n) is 10.5. The quantitative estimate of drug-likeness (QED) is 0.436. The minimum absolute atomic E-state index is 0.0395. The number of fused-ring (bicyclic) bond motifs is 1. The number of amides is 1. The number of alkyl halides is 3. The normalized spacial score (nSPS) is 15.6. The van der Waals surface area contributed by atoms with Crippen molar-refractivity contribution in [2.45, 2.75) is 25.6 Å². The van der Waals surface area contributed by atoms with Gasteiger partial charge in [0.2, 0.25) is 11.7 Å². The molecular weight excluding hydrogens is 439 g/mol. The molecule has 8 nitrogen and oxygen atoms in total. The highest BCUT2D eigenvalue weighted by atomic mass is 19.4. The largest absolute Gasteiger partial charge is 0.449 e. The number of nitrogens with one attached hydrogen (secondary N) is 1. The standard InChI is InChI=1S/C22H22F3N5O3/c23-22(24,25)21-27-18-3-1-2-4-19(18)29(21)13-15-9-11-28(12-10-15)14-20(31)26-16-5-7-17(8-6-16)30(32)33/h1-8,15H,9-14H2,(H,26,31). The molecule has 0 radical (unpaired) electrons. The maximum absolute atomic E-state index is 13.5. The molecule has 0 unspecified atom stereocenters. The Morgan fingerprint density at radius 1 is 1.12 bits per heavy atom. The summed E-state index contributed by atoms with van der Waals surface area (Å²) in [5.41, 5.74) is 1.20. The average molecular weight is 461 g/mol. The zero-order valence-electron chi connectivity index (χ0n) is 17.6. The number of carbonyl (C=O) groups excluding carboxylic acids is 1. The average Bonchev–Trinajstić information content (AvgIpc) is 3.14. The van der Waals surface area contributed by atoms with Gasteiger partial charge in [0.25, 0.3) is 5.69 Å². The molecule has 4 rings (SSSR count). The number of carbonyl (C=O) groups is 1. The van der Waals surface area contributed by atoms with E-state index in [2.05, 4.69) is 10.3 Å². The van der Waals surface area contributed by atoms with Crippen molar-refractivity contribution in [1.82, 2.24) is 14.5 Å². The van der Waals surface area contributed by atoms with Gasteiger partial charge in [-0.05, 0) is 56.1 Å². The molecule has 1 aliphatic rings. The Balaban J connectivity index is 1.33. The van der Waals surface area contributed by atoms with Crippen molar-refractivity contribution < 1.29 is 22.9 Å². The fourth-order valence-corrected chi connectivity index (χ4v) is 4.13. The Hall–Kier alpha value is -3.47. The zero-order chi connectivity index (χ0) is 23.6. The molecule has 11 heteroatoms. The third-order valence-corrected chi connectivity index (χ3v) is 5.79. The van der Waals surface area contributed by atoms with Gasteiger partial charge in [-0.1, -0.05) is 12.1 Å². The van der Waals surface area contributed by atoms with Gasteiger partial charge in [-0.25, -0.2) is 4.98 Å². The molecule has 1 amide bonds. The van der Waals surface area contributed by atoms with E-state index in [1.54, 1.807) is 24.3 Å². The molecule has 33 heavy (non-hydrogen) atoms. The van der Waals surface area contributed by atoms with Crippen molar-refractivity contribution in [1.29, 1.82) is 0 Å². The summed E-state index contributed by atoms with van der Waals surface area (Å²) in [4.78, 5) is 28.3. The van der Waals surface area contributed by atoms with E-state index in [1.165, 1.54) is 28.8 Å². The topological polar surface area (TPSA) is 93.3 Å². The number of imidazole rings is 1. The summed E-state index contributed by atoms with van der Waals surface area (Å²) in [7, 11) is 0. The minimum Gasteiger partial charge on any atom is -0.325 e. The first-order chi connectivity index (χ1) is 15.7. The van der Waals surface area contributed by atoms with E-state index in [4.69, 9.17) is 0 Å². The molecule has 0 aliphatic carbocycles. The first kappa shape index (κ1) is 22.7. The molecule has 1 aliphatic heterocycles. The summed E-state index contributed by atoms with van der Waals surface area (Å²) >= 11 is 0. The fourth-order valence-electron chi connectivity index (χ4n) is 4.13. The summed E-state index contributed by atoms with van der Waals surface area (Å²) in [6.45, 7) is 1.54. The van der Waals surface area contributed by atoms with Gasteiger partial charge in [0.1, 0.15) is 0 Å². The van der Waals surface area contributed by atoms with Gasteiger partial charge in [0.05, 0.1) is 22.5 Å². The second kappa shape index (κ2) is 9.18. The molecular formula is C22H22F3N5O3. The lowest BCUT2D eigenvalue weighted by Crippen LogP contribution is -2.40. The molecule has 174 valence electrons. The molecule has 0 atom stereocenters. The highest BCUT2D eigenvalue weighted by Gasteiger charge is 2.38. The van der Waals surface area contributed by atoms with Crippen molar-refractivity contribution in [3.05, 3.63) is 64.5 Å². The number of hydrogen-bond donors (Lipinski definition) is 1. The number of anilines is 1. The van der Waals surface area contributed by atoms with Crippen molar-refractivity contribution in [3.8, 4) is 0 Å². The summed E-state index contributed by atoms with van der Waals surface area (Å²) in [6.07, 6.45) is -3.21. The van der Waals surface area contributed by atoms with Crippen molar-refractivity contribution in [3.63, 3.8) is 0 Å². The zero-order valence-corrected chi connectivity index (χ0v) is 17.6. The van der Waals surface area contributed by atoms with Crippen LogP contribution in [0.15, 0.2) is 48.5 Å². The molecule has 1 saturated heterocycles. The van der Waals surface area contributed by atoms with Gasteiger partial charge in [-0.2, -0.15) is 13.2 Å². The van der Waals surface area contributed by atoms with E-state index in [9.17, 15) is 28.1 Å². The maximum Gasteiger partial charge on any atom is 0.449 e. The number of nitro benzene ring substituents is 1. The van der Waals surface area contributed by atoms with Gasteiger partial charge in [-0.15, -0.1) is 0 Å². The third kappa shape index (κ3) is 5.30. The second-order valence-corrected chi connectivity index (χ2v) is 8.10. The van der Waals surface area contributed by atoms with E-state index in [1.807, 2.05) is 4.90 Å². The SMILES string of the molecule is O=C(CN1CCC(Cn2c(C(F)(F)F)nc3ccccc32)CC1)Nc1ccc([N+](=O)[O-])cc1. The molecule has 2 aromatic carbocycles. The number of benzene rings is 2. The first-order valence-corrected chi connectivity index (χ1v) is 10.5. The van der Waals surface area contributed by atoms with Crippen LogP contribution in [0.2, 0.25) is 0 Å². The Bertz CT molecular complexity index is 1150. The fraction of sp³-hybridized carbons (Fsp3) is 0.364. The monoisotopic (exact) mass is 461 g/mol. The highest BCUT2D eigenvalue weighted by Crippen LogP contribution is 2.33. The molecule has 1 fully saturated rings. The van der Waals surface area contributed by atoms with E-state index in [0.717, 1.165) is 0 Å². The van der Waals surface area contributed by atoms with E-state index in [0.29, 0.717) is 42.7 Å². The van der Waals surface area contributed by atoms with Crippen LogP contribution in [0.4, 0.5) is 24.5 Å². The molecule has 1 N–H and O–H groups in total. The lowest BCUT2D eigenvalue weighted by molar-refractivity contribution is -0.384. The number of hydrogen-bond acceptors (Lipinski definition) is 5. The van der Waals surface area contributed by atoms with Crippen molar-refractivity contribution in [2.75, 3.05) is 25.0 Å². The summed E-state index contributed by atoms with van der Waals surface area (Å²) < 4.78 is 41.8. The van der Waals surface area contributed by atoms with Crippen LogP contribution in [0, 0.1) is 16.0 Å². The van der Waals surface area contributed by atoms with Crippen LogP contribution in [0.1, 0.15) is 18.7 Å².